The summed E-state index contributed by atoms with van der Waals surface area (Å²) in [6, 6.07) is 4.92. The van der Waals surface area contributed by atoms with Crippen molar-refractivity contribution in [3.05, 3.63) is 40.6 Å². The first-order valence-corrected chi connectivity index (χ1v) is 14.5. The number of nitrogens with one attached hydrogen (secondary N) is 1. The van der Waals surface area contributed by atoms with Crippen LogP contribution in [0.4, 0.5) is 21.7 Å². The summed E-state index contributed by atoms with van der Waals surface area (Å²) in [5.74, 6) is 1.15. The number of halogens is 1. The standard InChI is InChI=1S/C29H40FN7/c30-26-28(33-20-34-29(26)37-15-5-2-6-16-37)35-23-9-7-21(8-10-23)17-22-18-24(36-13-3-1-4-14-36)19-25-27(22)32-12-11-31-25/h18-21,23H,1-17H2,(H,33,34,35)/t21-,23+. The third kappa shape index (κ3) is 5.58. The fourth-order valence-electron chi connectivity index (χ4n) is 6.59. The number of rotatable bonds is 6. The van der Waals surface area contributed by atoms with Crippen LogP contribution in [0.3, 0.4) is 0 Å². The molecule has 3 fully saturated rings. The molecule has 198 valence electrons. The number of hydrogen-bond donors (Lipinski definition) is 1. The lowest BCUT2D eigenvalue weighted by molar-refractivity contribution is 0.334. The molecule has 4 aliphatic rings. The summed E-state index contributed by atoms with van der Waals surface area (Å²) in [7, 11) is 0. The number of fused-ring (bicyclic) bond motifs is 1. The van der Waals surface area contributed by atoms with Crippen LogP contribution in [0.15, 0.2) is 28.4 Å². The highest BCUT2D eigenvalue weighted by Gasteiger charge is 2.26. The first kappa shape index (κ1) is 24.6. The molecule has 3 aliphatic heterocycles. The van der Waals surface area contributed by atoms with E-state index in [0.717, 1.165) is 94.9 Å². The van der Waals surface area contributed by atoms with Crippen LogP contribution in [0, 0.1) is 11.7 Å². The molecule has 1 aromatic carbocycles. The molecule has 7 nitrogen and oxygen atoms in total. The molecule has 0 unspecified atom stereocenters. The summed E-state index contributed by atoms with van der Waals surface area (Å²) >= 11 is 0. The van der Waals surface area contributed by atoms with Crippen LogP contribution in [-0.2, 0) is 6.42 Å². The Morgan fingerprint density at radius 1 is 0.811 bits per heavy atom. The van der Waals surface area contributed by atoms with Crippen LogP contribution in [-0.4, -0.2) is 55.3 Å². The molecule has 37 heavy (non-hydrogen) atoms. The third-order valence-corrected chi connectivity index (χ3v) is 8.65. The monoisotopic (exact) mass is 505 g/mol. The topological polar surface area (TPSA) is 69.0 Å². The zero-order valence-corrected chi connectivity index (χ0v) is 22.0. The van der Waals surface area contributed by atoms with Crippen molar-refractivity contribution in [3.8, 4) is 0 Å². The van der Waals surface area contributed by atoms with E-state index in [1.165, 1.54) is 43.3 Å². The molecule has 0 radical (unpaired) electrons. The molecule has 2 aromatic rings. The van der Waals surface area contributed by atoms with E-state index in [4.69, 9.17) is 9.98 Å². The maximum absolute atomic E-state index is 15.3. The maximum atomic E-state index is 15.3. The first-order valence-electron chi connectivity index (χ1n) is 14.5. The van der Waals surface area contributed by atoms with Gasteiger partial charge in [-0.1, -0.05) is 0 Å². The van der Waals surface area contributed by atoms with Crippen LogP contribution >= 0.6 is 0 Å². The fourth-order valence-corrected chi connectivity index (χ4v) is 6.59. The van der Waals surface area contributed by atoms with Crippen molar-refractivity contribution < 1.29 is 4.39 Å². The summed E-state index contributed by atoms with van der Waals surface area (Å²) < 4.78 is 15.3. The normalized spacial score (nSPS) is 24.1. The molecule has 1 aliphatic carbocycles. The Balaban J connectivity index is 1.11. The number of benzene rings is 1. The summed E-state index contributed by atoms with van der Waals surface area (Å²) in [4.78, 5) is 22.9. The first-order chi connectivity index (χ1) is 18.2. The number of hydrogen-bond acceptors (Lipinski definition) is 7. The van der Waals surface area contributed by atoms with Gasteiger partial charge < -0.3 is 15.1 Å². The highest BCUT2D eigenvalue weighted by molar-refractivity contribution is 5.51. The Labute approximate surface area is 219 Å². The molecule has 0 atom stereocenters. The van der Waals surface area contributed by atoms with E-state index >= 15 is 4.39 Å². The summed E-state index contributed by atoms with van der Waals surface area (Å²) in [6.07, 6.45) is 14.2. The van der Waals surface area contributed by atoms with E-state index in [-0.39, 0.29) is 11.9 Å². The van der Waals surface area contributed by atoms with Gasteiger partial charge in [0.05, 0.1) is 23.8 Å². The van der Waals surface area contributed by atoms with E-state index in [9.17, 15) is 0 Å². The van der Waals surface area contributed by atoms with Crippen LogP contribution < -0.4 is 25.8 Å². The Morgan fingerprint density at radius 2 is 1.51 bits per heavy atom. The van der Waals surface area contributed by atoms with E-state index in [2.05, 4.69) is 37.2 Å². The maximum Gasteiger partial charge on any atom is 0.207 e. The van der Waals surface area contributed by atoms with Crippen LogP contribution in [0.5, 0.6) is 0 Å². The van der Waals surface area contributed by atoms with Crippen molar-refractivity contribution >= 4 is 17.3 Å². The number of aromatic nitrogens is 2. The van der Waals surface area contributed by atoms with Gasteiger partial charge in [0.1, 0.15) is 6.33 Å². The second kappa shape index (κ2) is 11.3. The van der Waals surface area contributed by atoms with Crippen LogP contribution in [0.1, 0.15) is 69.8 Å². The molecule has 4 heterocycles. The Morgan fingerprint density at radius 3 is 2.27 bits per heavy atom. The minimum Gasteiger partial charge on any atom is -0.371 e. The summed E-state index contributed by atoms with van der Waals surface area (Å²) in [5, 5.41) is 5.63. The minimum atomic E-state index is -0.293. The summed E-state index contributed by atoms with van der Waals surface area (Å²) in [5.41, 5.74) is 2.69. The number of nitrogens with zero attached hydrogens (tertiary/aromatic N) is 6. The third-order valence-electron chi connectivity index (χ3n) is 8.65. The van der Waals surface area contributed by atoms with Gasteiger partial charge in [-0.2, -0.15) is 4.39 Å². The Bertz CT molecular complexity index is 1200. The fraction of sp³-hybridized carbons (Fsp3) is 0.655. The average molecular weight is 506 g/mol. The SMILES string of the molecule is Fc1c(N[C@H]2CC[C@@H](Cc3cc(N4CCCCC4)cc4c3=NCCN=4)CC2)ncnc1N1CCCCC1. The van der Waals surface area contributed by atoms with Crippen LogP contribution in [0.25, 0.3) is 0 Å². The van der Waals surface area contributed by atoms with Gasteiger partial charge in [0, 0.05) is 37.9 Å². The van der Waals surface area contributed by atoms with Gasteiger partial charge in [0.25, 0.3) is 0 Å². The van der Waals surface area contributed by atoms with Gasteiger partial charge in [0.15, 0.2) is 11.6 Å². The molecular weight excluding hydrogens is 465 g/mol. The predicted molar refractivity (Wildman–Crippen MR) is 146 cm³/mol. The molecule has 6 rings (SSSR count). The minimum absolute atomic E-state index is 0.253. The molecule has 1 saturated carbocycles. The lowest BCUT2D eigenvalue weighted by Crippen LogP contribution is -2.38. The zero-order valence-electron chi connectivity index (χ0n) is 22.0. The summed E-state index contributed by atoms with van der Waals surface area (Å²) in [6.45, 7) is 5.63. The zero-order chi connectivity index (χ0) is 25.0. The highest BCUT2D eigenvalue weighted by atomic mass is 19.1. The average Bonchev–Trinajstić information content (AvgIpc) is 2.96. The van der Waals surface area contributed by atoms with E-state index in [1.807, 2.05) is 0 Å². The predicted octanol–water partition coefficient (Wildman–Crippen LogP) is 4.06. The van der Waals surface area contributed by atoms with Gasteiger partial charge in [0.2, 0.25) is 5.82 Å². The second-order valence-electron chi connectivity index (χ2n) is 11.3. The van der Waals surface area contributed by atoms with Gasteiger partial charge in [-0.25, -0.2) is 9.97 Å². The van der Waals surface area contributed by atoms with Gasteiger partial charge in [-0.15, -0.1) is 0 Å². The van der Waals surface area contributed by atoms with Crippen molar-refractivity contribution in [1.82, 2.24) is 9.97 Å². The van der Waals surface area contributed by atoms with Crippen molar-refractivity contribution in [2.45, 2.75) is 76.7 Å². The lowest BCUT2D eigenvalue weighted by Gasteiger charge is -2.32. The van der Waals surface area contributed by atoms with Gasteiger partial charge in [-0.05, 0) is 94.2 Å². The van der Waals surface area contributed by atoms with E-state index in [0.29, 0.717) is 17.6 Å². The quantitative estimate of drug-likeness (QED) is 0.641. The molecule has 0 amide bonds. The smallest absolute Gasteiger partial charge is 0.207 e. The highest BCUT2D eigenvalue weighted by Crippen LogP contribution is 2.31. The molecular formula is C29H40FN7. The second-order valence-corrected chi connectivity index (χ2v) is 11.3. The Hall–Kier alpha value is -2.77. The molecule has 2 saturated heterocycles. The van der Waals surface area contributed by atoms with Crippen molar-refractivity contribution in [2.75, 3.05) is 54.4 Å². The number of piperidine rings is 2. The van der Waals surface area contributed by atoms with Crippen molar-refractivity contribution in [2.24, 2.45) is 15.9 Å². The van der Waals surface area contributed by atoms with E-state index in [1.54, 1.807) is 0 Å². The van der Waals surface area contributed by atoms with Crippen molar-refractivity contribution in [3.63, 3.8) is 0 Å². The van der Waals surface area contributed by atoms with Crippen molar-refractivity contribution in [1.29, 1.82) is 0 Å². The molecule has 8 heteroatoms. The molecule has 1 aromatic heterocycles. The Kier molecular flexibility index (Phi) is 7.51. The molecule has 0 bridgehead atoms. The molecule has 1 N–H and O–H groups in total. The van der Waals surface area contributed by atoms with Gasteiger partial charge in [-0.3, -0.25) is 9.98 Å². The van der Waals surface area contributed by atoms with Crippen LogP contribution in [0.2, 0.25) is 0 Å². The lowest BCUT2D eigenvalue weighted by atomic mass is 9.82. The molecule has 0 spiro atoms. The van der Waals surface area contributed by atoms with Gasteiger partial charge >= 0.3 is 0 Å². The van der Waals surface area contributed by atoms with E-state index < -0.39 is 0 Å². The largest absolute Gasteiger partial charge is 0.371 e. The number of anilines is 3.